The highest BCUT2D eigenvalue weighted by Gasteiger charge is 2.54. The molecule has 7 heteroatoms. The lowest BCUT2D eigenvalue weighted by Gasteiger charge is -2.59. The lowest BCUT2D eigenvalue weighted by atomic mass is 9.48. The maximum Gasteiger partial charge on any atom is 0.325 e. The van der Waals surface area contributed by atoms with Gasteiger partial charge in [-0.25, -0.2) is 4.79 Å². The lowest BCUT2D eigenvalue weighted by Crippen LogP contribution is -2.57. The monoisotopic (exact) mass is 487 g/mol. The van der Waals surface area contributed by atoms with E-state index >= 15 is 0 Å². The van der Waals surface area contributed by atoms with E-state index in [2.05, 4.69) is 33.5 Å². The minimum Gasteiger partial charge on any atom is -0.352 e. The van der Waals surface area contributed by atoms with Crippen molar-refractivity contribution in [3.63, 3.8) is 0 Å². The Balaban J connectivity index is 1.26. The zero-order chi connectivity index (χ0) is 22.0. The van der Waals surface area contributed by atoms with Crippen LogP contribution in [0.25, 0.3) is 0 Å². The summed E-state index contributed by atoms with van der Waals surface area (Å²) in [7, 11) is 0. The van der Waals surface area contributed by atoms with E-state index in [-0.39, 0.29) is 23.9 Å². The number of halogens is 1. The molecule has 1 heterocycles. The van der Waals surface area contributed by atoms with Gasteiger partial charge in [-0.1, -0.05) is 28.1 Å². The molecule has 6 rings (SSSR count). The predicted molar refractivity (Wildman–Crippen MR) is 120 cm³/mol. The first-order valence-electron chi connectivity index (χ1n) is 11.4. The van der Waals surface area contributed by atoms with Gasteiger partial charge in [-0.15, -0.1) is 0 Å². The van der Waals surface area contributed by atoms with Crippen LogP contribution in [-0.2, 0) is 15.1 Å². The number of carbonyl (C=O) groups excluding carboxylic acids is 3. The highest BCUT2D eigenvalue weighted by Crippen LogP contribution is 2.61. The Morgan fingerprint density at radius 3 is 2.23 bits per heavy atom. The molecule has 1 aromatic carbocycles. The molecule has 31 heavy (non-hydrogen) atoms. The normalized spacial score (nSPS) is 37.1. The number of urea groups is 1. The zero-order valence-corrected chi connectivity index (χ0v) is 19.7. The topological polar surface area (TPSA) is 78.5 Å². The van der Waals surface area contributed by atoms with Crippen molar-refractivity contribution in [2.45, 2.75) is 64.0 Å². The average molecular weight is 488 g/mol. The third kappa shape index (κ3) is 3.49. The van der Waals surface area contributed by atoms with E-state index in [1.54, 1.807) is 19.1 Å². The summed E-state index contributed by atoms with van der Waals surface area (Å²) in [5.74, 6) is 1.78. The van der Waals surface area contributed by atoms with Gasteiger partial charge in [-0.3, -0.25) is 14.5 Å². The molecule has 0 radical (unpaired) electrons. The number of nitrogens with zero attached hydrogens (tertiary/aromatic N) is 1. The minimum absolute atomic E-state index is 0.0621. The van der Waals surface area contributed by atoms with Gasteiger partial charge in [0, 0.05) is 10.5 Å². The fraction of sp³-hybridized carbons (Fsp3) is 0.625. The van der Waals surface area contributed by atoms with Crippen LogP contribution in [0.4, 0.5) is 4.79 Å². The molecule has 1 saturated heterocycles. The summed E-state index contributed by atoms with van der Waals surface area (Å²) in [4.78, 5) is 39.6. The second-order valence-corrected chi connectivity index (χ2v) is 11.4. The first kappa shape index (κ1) is 21.0. The van der Waals surface area contributed by atoms with E-state index < -0.39 is 17.5 Å². The number of rotatable bonds is 5. The number of benzene rings is 1. The molecule has 4 amide bonds. The lowest BCUT2D eigenvalue weighted by molar-refractivity contribution is -0.136. The Kier molecular flexibility index (Phi) is 4.96. The highest BCUT2D eigenvalue weighted by molar-refractivity contribution is 9.10. The summed E-state index contributed by atoms with van der Waals surface area (Å²) in [6.45, 7) is 3.56. The van der Waals surface area contributed by atoms with Crippen molar-refractivity contribution in [3.05, 3.63) is 34.3 Å². The summed E-state index contributed by atoms with van der Waals surface area (Å²) in [6.07, 6.45) is 7.67. The molecule has 166 valence electrons. The molecule has 4 saturated carbocycles. The van der Waals surface area contributed by atoms with E-state index in [9.17, 15) is 14.4 Å². The van der Waals surface area contributed by atoms with Crippen LogP contribution in [0.3, 0.4) is 0 Å². The van der Waals surface area contributed by atoms with Gasteiger partial charge in [0.25, 0.3) is 5.91 Å². The van der Waals surface area contributed by atoms with Crippen LogP contribution < -0.4 is 10.6 Å². The molecule has 2 N–H and O–H groups in total. The van der Waals surface area contributed by atoms with Crippen LogP contribution in [-0.4, -0.2) is 35.3 Å². The van der Waals surface area contributed by atoms with Crippen LogP contribution in [0, 0.1) is 23.2 Å². The summed E-state index contributed by atoms with van der Waals surface area (Å²) in [5.41, 5.74) is -0.282. The van der Waals surface area contributed by atoms with Crippen LogP contribution >= 0.6 is 15.9 Å². The maximum absolute atomic E-state index is 13.1. The first-order valence-corrected chi connectivity index (χ1v) is 12.2. The molecule has 2 atom stereocenters. The molecule has 1 aromatic rings. The van der Waals surface area contributed by atoms with Crippen molar-refractivity contribution in [3.8, 4) is 0 Å². The number of hydrogen-bond donors (Lipinski definition) is 2. The predicted octanol–water partition coefficient (Wildman–Crippen LogP) is 3.94. The summed E-state index contributed by atoms with van der Waals surface area (Å²) in [6, 6.07) is 6.83. The summed E-state index contributed by atoms with van der Waals surface area (Å²) in [5, 5.41) is 5.94. The van der Waals surface area contributed by atoms with Crippen LogP contribution in [0.1, 0.15) is 57.9 Å². The fourth-order valence-electron chi connectivity index (χ4n) is 7.11. The van der Waals surface area contributed by atoms with Gasteiger partial charge < -0.3 is 10.6 Å². The Morgan fingerprint density at radius 2 is 1.68 bits per heavy atom. The van der Waals surface area contributed by atoms with E-state index in [4.69, 9.17) is 0 Å². The summed E-state index contributed by atoms with van der Waals surface area (Å²) >= 11 is 3.39. The number of hydrogen-bond acceptors (Lipinski definition) is 3. The largest absolute Gasteiger partial charge is 0.352 e. The first-order chi connectivity index (χ1) is 14.7. The Bertz CT molecular complexity index is 895. The van der Waals surface area contributed by atoms with Crippen molar-refractivity contribution in [2.24, 2.45) is 23.2 Å². The summed E-state index contributed by atoms with van der Waals surface area (Å²) < 4.78 is 0.895. The van der Waals surface area contributed by atoms with Crippen molar-refractivity contribution >= 4 is 33.8 Å². The maximum atomic E-state index is 13.1. The van der Waals surface area contributed by atoms with Crippen molar-refractivity contribution in [2.75, 3.05) is 6.54 Å². The number of nitrogens with one attached hydrogen (secondary N) is 2. The highest BCUT2D eigenvalue weighted by atomic mass is 79.9. The van der Waals surface area contributed by atoms with Gasteiger partial charge in [0.15, 0.2) is 0 Å². The van der Waals surface area contributed by atoms with E-state index in [0.29, 0.717) is 5.56 Å². The SMILES string of the molecule is CC(NC(=O)CN1C(=O)NC(C)(c2ccc(Br)cc2)C1=O)C12CC3CC(CC(C3)C1)C2. The molecule has 5 aliphatic rings. The van der Waals surface area contributed by atoms with Crippen molar-refractivity contribution in [1.82, 2.24) is 15.5 Å². The molecule has 5 fully saturated rings. The van der Waals surface area contributed by atoms with E-state index in [0.717, 1.165) is 27.1 Å². The Hall–Kier alpha value is -1.89. The molecule has 4 bridgehead atoms. The van der Waals surface area contributed by atoms with Gasteiger partial charge in [-0.05, 0) is 93.2 Å². The standard InChI is InChI=1S/C24H30BrN3O3/c1-14(24-10-15-7-16(11-24)9-17(8-15)12-24)26-20(29)13-28-21(30)23(2,27-22(28)31)18-3-5-19(25)6-4-18/h3-6,14-17H,7-13H2,1-2H3,(H,26,29)(H,27,31). The van der Waals surface area contributed by atoms with Crippen molar-refractivity contribution < 1.29 is 14.4 Å². The molecule has 0 aromatic heterocycles. The zero-order valence-electron chi connectivity index (χ0n) is 18.1. The Morgan fingerprint density at radius 1 is 1.13 bits per heavy atom. The van der Waals surface area contributed by atoms with Gasteiger partial charge in [-0.2, -0.15) is 0 Å². The average Bonchev–Trinajstić information content (AvgIpc) is 2.91. The van der Waals surface area contributed by atoms with Gasteiger partial charge >= 0.3 is 6.03 Å². The molecule has 4 aliphatic carbocycles. The van der Waals surface area contributed by atoms with Gasteiger partial charge in [0.2, 0.25) is 5.91 Å². The van der Waals surface area contributed by atoms with Crippen LogP contribution in [0.5, 0.6) is 0 Å². The minimum atomic E-state index is -1.16. The van der Waals surface area contributed by atoms with Crippen LogP contribution in [0.2, 0.25) is 0 Å². The smallest absolute Gasteiger partial charge is 0.325 e. The second-order valence-electron chi connectivity index (χ2n) is 10.5. The molecule has 1 aliphatic heterocycles. The Labute approximate surface area is 191 Å². The van der Waals surface area contributed by atoms with Gasteiger partial charge in [0.05, 0.1) is 0 Å². The second kappa shape index (κ2) is 7.32. The van der Waals surface area contributed by atoms with E-state index in [1.807, 2.05) is 12.1 Å². The molecular weight excluding hydrogens is 458 g/mol. The van der Waals surface area contributed by atoms with Gasteiger partial charge in [0.1, 0.15) is 12.1 Å². The fourth-order valence-corrected chi connectivity index (χ4v) is 7.38. The number of amides is 4. The molecular formula is C24H30BrN3O3. The molecule has 2 unspecified atom stereocenters. The number of imide groups is 1. The number of carbonyl (C=O) groups is 3. The van der Waals surface area contributed by atoms with E-state index in [1.165, 1.54) is 38.5 Å². The molecule has 0 spiro atoms. The third-order valence-corrected chi connectivity index (χ3v) is 8.91. The molecule has 6 nitrogen and oxygen atoms in total. The third-order valence-electron chi connectivity index (χ3n) is 8.38. The van der Waals surface area contributed by atoms with Crippen LogP contribution in [0.15, 0.2) is 28.7 Å². The van der Waals surface area contributed by atoms with Crippen molar-refractivity contribution in [1.29, 1.82) is 0 Å². The quantitative estimate of drug-likeness (QED) is 0.617.